The molecule has 0 unspecified atom stereocenters. The van der Waals surface area contributed by atoms with Gasteiger partial charge in [0, 0.05) is 56.9 Å². The van der Waals surface area contributed by atoms with Crippen LogP contribution in [0.15, 0.2) is 48.5 Å². The average molecular weight is 424 g/mol. The molecule has 2 aromatic rings. The molecule has 0 atom stereocenters. The van der Waals surface area contributed by atoms with Gasteiger partial charge in [0.15, 0.2) is 0 Å². The van der Waals surface area contributed by atoms with Gasteiger partial charge in [0.25, 0.3) is 11.8 Å². The lowest BCUT2D eigenvalue weighted by Gasteiger charge is -2.35. The van der Waals surface area contributed by atoms with Crippen molar-refractivity contribution in [1.82, 2.24) is 14.7 Å². The van der Waals surface area contributed by atoms with E-state index in [2.05, 4.69) is 11.0 Å². The highest BCUT2D eigenvalue weighted by Crippen LogP contribution is 2.17. The standard InChI is InChI=1S/C24H29N3O4/c1-30-22-7-3-6-21(17-22)24(29)27-10-8-26(9-11-27)23(28)20-5-2-4-19(16-20)18-25-12-14-31-15-13-25/h2-7,16-17H,8-15,18H2,1H3. The smallest absolute Gasteiger partial charge is 0.254 e. The summed E-state index contributed by atoms with van der Waals surface area (Å²) in [5.74, 6) is 0.660. The third kappa shape index (κ3) is 5.24. The molecule has 7 nitrogen and oxygen atoms in total. The van der Waals surface area contributed by atoms with Crippen LogP contribution in [0, 0.1) is 0 Å². The molecular formula is C24H29N3O4. The van der Waals surface area contributed by atoms with E-state index in [-0.39, 0.29) is 11.8 Å². The van der Waals surface area contributed by atoms with Gasteiger partial charge >= 0.3 is 0 Å². The molecule has 2 aliphatic rings. The molecule has 0 bridgehead atoms. The Hall–Kier alpha value is -2.90. The number of hydrogen-bond acceptors (Lipinski definition) is 5. The zero-order chi connectivity index (χ0) is 21.6. The molecule has 164 valence electrons. The molecule has 7 heteroatoms. The van der Waals surface area contributed by atoms with Crippen LogP contribution in [0.5, 0.6) is 5.75 Å². The van der Waals surface area contributed by atoms with Crippen molar-refractivity contribution in [2.75, 3.05) is 59.6 Å². The lowest BCUT2D eigenvalue weighted by Crippen LogP contribution is -2.50. The Balaban J connectivity index is 1.34. The van der Waals surface area contributed by atoms with E-state index in [0.717, 1.165) is 38.4 Å². The summed E-state index contributed by atoms with van der Waals surface area (Å²) in [4.78, 5) is 31.8. The SMILES string of the molecule is COc1cccc(C(=O)N2CCN(C(=O)c3cccc(CN4CCOCC4)c3)CC2)c1. The van der Waals surface area contributed by atoms with E-state index in [0.29, 0.717) is 43.1 Å². The average Bonchev–Trinajstić information content (AvgIpc) is 2.84. The Morgan fingerprint density at radius 2 is 1.42 bits per heavy atom. The van der Waals surface area contributed by atoms with E-state index >= 15 is 0 Å². The zero-order valence-corrected chi connectivity index (χ0v) is 18.0. The van der Waals surface area contributed by atoms with Gasteiger partial charge in [0.05, 0.1) is 20.3 Å². The minimum Gasteiger partial charge on any atom is -0.497 e. The summed E-state index contributed by atoms with van der Waals surface area (Å²) >= 11 is 0. The Morgan fingerprint density at radius 1 is 0.839 bits per heavy atom. The number of benzene rings is 2. The Labute approximate surface area is 183 Å². The van der Waals surface area contributed by atoms with E-state index in [9.17, 15) is 9.59 Å². The van der Waals surface area contributed by atoms with Crippen LogP contribution in [0.25, 0.3) is 0 Å². The summed E-state index contributed by atoms with van der Waals surface area (Å²) in [6.45, 7) is 6.29. The second kappa shape index (κ2) is 9.94. The predicted octanol–water partition coefficient (Wildman–Crippen LogP) is 2.13. The number of morpholine rings is 1. The minimum absolute atomic E-state index is 0.0253. The van der Waals surface area contributed by atoms with Crippen LogP contribution in [0.4, 0.5) is 0 Å². The molecule has 2 saturated heterocycles. The minimum atomic E-state index is -0.0292. The number of piperazine rings is 1. The summed E-state index contributed by atoms with van der Waals surface area (Å²) in [6.07, 6.45) is 0. The quantitative estimate of drug-likeness (QED) is 0.737. The van der Waals surface area contributed by atoms with Crippen molar-refractivity contribution < 1.29 is 19.1 Å². The van der Waals surface area contributed by atoms with E-state index < -0.39 is 0 Å². The monoisotopic (exact) mass is 423 g/mol. The van der Waals surface area contributed by atoms with Crippen LogP contribution < -0.4 is 4.74 Å². The van der Waals surface area contributed by atoms with Crippen molar-refractivity contribution in [3.8, 4) is 5.75 Å². The third-order valence-electron chi connectivity index (χ3n) is 5.85. The summed E-state index contributed by atoms with van der Waals surface area (Å²) in [5.41, 5.74) is 2.45. The van der Waals surface area contributed by atoms with Crippen LogP contribution in [-0.2, 0) is 11.3 Å². The van der Waals surface area contributed by atoms with E-state index in [1.807, 2.05) is 35.2 Å². The van der Waals surface area contributed by atoms with Crippen molar-refractivity contribution in [2.45, 2.75) is 6.54 Å². The Kier molecular flexibility index (Phi) is 6.84. The summed E-state index contributed by atoms with van der Waals surface area (Å²) in [7, 11) is 1.59. The van der Waals surface area contributed by atoms with E-state index in [1.165, 1.54) is 0 Å². The molecule has 0 saturated carbocycles. The Morgan fingerprint density at radius 3 is 2.03 bits per heavy atom. The summed E-state index contributed by atoms with van der Waals surface area (Å²) in [5, 5.41) is 0. The van der Waals surface area contributed by atoms with Gasteiger partial charge in [-0.05, 0) is 35.9 Å². The van der Waals surface area contributed by atoms with Gasteiger partial charge in [-0.1, -0.05) is 18.2 Å². The van der Waals surface area contributed by atoms with Crippen molar-refractivity contribution in [3.05, 3.63) is 65.2 Å². The fourth-order valence-electron chi connectivity index (χ4n) is 4.05. The molecule has 2 heterocycles. The summed E-state index contributed by atoms with van der Waals surface area (Å²) in [6, 6.07) is 15.1. The van der Waals surface area contributed by atoms with Gasteiger partial charge < -0.3 is 19.3 Å². The van der Waals surface area contributed by atoms with Crippen molar-refractivity contribution in [2.24, 2.45) is 0 Å². The second-order valence-electron chi connectivity index (χ2n) is 7.91. The van der Waals surface area contributed by atoms with Gasteiger partial charge in [0.2, 0.25) is 0 Å². The number of nitrogens with zero attached hydrogens (tertiary/aromatic N) is 3. The number of amides is 2. The molecule has 2 amide bonds. The van der Waals surface area contributed by atoms with Crippen LogP contribution in [0.3, 0.4) is 0 Å². The molecule has 0 spiro atoms. The molecule has 4 rings (SSSR count). The van der Waals surface area contributed by atoms with Crippen LogP contribution in [0.1, 0.15) is 26.3 Å². The highest BCUT2D eigenvalue weighted by Gasteiger charge is 2.26. The first-order valence-corrected chi connectivity index (χ1v) is 10.8. The number of ether oxygens (including phenoxy) is 2. The molecule has 31 heavy (non-hydrogen) atoms. The van der Waals surface area contributed by atoms with Gasteiger partial charge in [-0.15, -0.1) is 0 Å². The molecule has 0 aromatic heterocycles. The largest absolute Gasteiger partial charge is 0.497 e. The molecule has 2 fully saturated rings. The predicted molar refractivity (Wildman–Crippen MR) is 117 cm³/mol. The third-order valence-corrected chi connectivity index (χ3v) is 5.85. The maximum Gasteiger partial charge on any atom is 0.254 e. The van der Waals surface area contributed by atoms with Gasteiger partial charge in [0.1, 0.15) is 5.75 Å². The lowest BCUT2D eigenvalue weighted by molar-refractivity contribution is 0.0341. The van der Waals surface area contributed by atoms with Crippen LogP contribution in [0.2, 0.25) is 0 Å². The Bertz CT molecular complexity index is 919. The number of hydrogen-bond donors (Lipinski definition) is 0. The first kappa shape index (κ1) is 21.3. The van der Waals surface area contributed by atoms with Gasteiger partial charge in [-0.2, -0.15) is 0 Å². The van der Waals surface area contributed by atoms with Crippen molar-refractivity contribution in [1.29, 1.82) is 0 Å². The number of methoxy groups -OCH3 is 1. The first-order chi connectivity index (χ1) is 15.1. The maximum absolute atomic E-state index is 13.0. The van der Waals surface area contributed by atoms with E-state index in [4.69, 9.17) is 9.47 Å². The highest BCUT2D eigenvalue weighted by atomic mass is 16.5. The van der Waals surface area contributed by atoms with Crippen molar-refractivity contribution >= 4 is 11.8 Å². The second-order valence-corrected chi connectivity index (χ2v) is 7.91. The number of carbonyl (C=O) groups excluding carboxylic acids is 2. The fourth-order valence-corrected chi connectivity index (χ4v) is 4.05. The molecule has 0 aliphatic carbocycles. The van der Waals surface area contributed by atoms with E-state index in [1.54, 1.807) is 24.1 Å². The molecule has 0 N–H and O–H groups in total. The first-order valence-electron chi connectivity index (χ1n) is 10.8. The lowest BCUT2D eigenvalue weighted by atomic mass is 10.1. The number of carbonyl (C=O) groups is 2. The fraction of sp³-hybridized carbons (Fsp3) is 0.417. The highest BCUT2D eigenvalue weighted by molar-refractivity contribution is 5.96. The topological polar surface area (TPSA) is 62.3 Å². The van der Waals surface area contributed by atoms with Crippen LogP contribution >= 0.6 is 0 Å². The number of rotatable bonds is 5. The van der Waals surface area contributed by atoms with Gasteiger partial charge in [-0.25, -0.2) is 0 Å². The molecule has 2 aromatic carbocycles. The molecule has 0 radical (unpaired) electrons. The summed E-state index contributed by atoms with van der Waals surface area (Å²) < 4.78 is 10.6. The van der Waals surface area contributed by atoms with Crippen LogP contribution in [-0.4, -0.2) is 86.1 Å². The normalized spacial score (nSPS) is 17.5. The zero-order valence-electron chi connectivity index (χ0n) is 18.0. The molecular weight excluding hydrogens is 394 g/mol. The molecule has 2 aliphatic heterocycles. The van der Waals surface area contributed by atoms with Gasteiger partial charge in [-0.3, -0.25) is 14.5 Å². The van der Waals surface area contributed by atoms with Crippen molar-refractivity contribution in [3.63, 3.8) is 0 Å². The maximum atomic E-state index is 13.0.